The van der Waals surface area contributed by atoms with E-state index in [0.29, 0.717) is 0 Å². The third-order valence-corrected chi connectivity index (χ3v) is 4.34. The Balaban J connectivity index is 1.88. The fourth-order valence-corrected chi connectivity index (χ4v) is 3.31. The second kappa shape index (κ2) is 5.61. The lowest BCUT2D eigenvalue weighted by molar-refractivity contribution is 0.0659. The first-order chi connectivity index (χ1) is 9.36. The molecule has 3 heterocycles. The van der Waals surface area contributed by atoms with Gasteiger partial charge < -0.3 is 9.32 Å². The van der Waals surface area contributed by atoms with E-state index in [2.05, 4.69) is 0 Å². The third kappa shape index (κ3) is 2.59. The lowest BCUT2D eigenvalue weighted by Crippen LogP contribution is -2.34. The molecule has 0 radical (unpaired) electrons. The van der Waals surface area contributed by atoms with E-state index in [4.69, 9.17) is 4.42 Å². The standard InChI is InChI=1S/C15H17NO2S/c17-15(12-7-10-19-11-12)16-8-3-1-2-5-13(16)14-6-4-9-18-14/h4,6-7,9-11,13H,1-3,5,8H2/t13-/m0/s1. The molecule has 0 aromatic carbocycles. The summed E-state index contributed by atoms with van der Waals surface area (Å²) in [5.74, 6) is 1.04. The summed E-state index contributed by atoms with van der Waals surface area (Å²) < 4.78 is 5.54. The van der Waals surface area contributed by atoms with Crippen LogP contribution in [-0.4, -0.2) is 17.4 Å². The number of likely N-dealkylation sites (tertiary alicyclic amines) is 1. The molecule has 0 spiro atoms. The minimum absolute atomic E-state index is 0.0879. The minimum atomic E-state index is 0.0879. The minimum Gasteiger partial charge on any atom is -0.467 e. The van der Waals surface area contributed by atoms with E-state index in [1.165, 1.54) is 6.42 Å². The second-order valence-corrected chi connectivity index (χ2v) is 5.67. The molecule has 0 bridgehead atoms. The monoisotopic (exact) mass is 275 g/mol. The van der Waals surface area contributed by atoms with Gasteiger partial charge >= 0.3 is 0 Å². The van der Waals surface area contributed by atoms with Gasteiger partial charge in [-0.05, 0) is 36.4 Å². The van der Waals surface area contributed by atoms with E-state index in [-0.39, 0.29) is 11.9 Å². The van der Waals surface area contributed by atoms with Crippen LogP contribution >= 0.6 is 11.3 Å². The van der Waals surface area contributed by atoms with Gasteiger partial charge in [0, 0.05) is 11.9 Å². The van der Waals surface area contributed by atoms with Crippen molar-refractivity contribution in [3.8, 4) is 0 Å². The van der Waals surface area contributed by atoms with Gasteiger partial charge in [-0.25, -0.2) is 0 Å². The van der Waals surface area contributed by atoms with Crippen LogP contribution in [0.15, 0.2) is 39.6 Å². The highest BCUT2D eigenvalue weighted by Gasteiger charge is 2.29. The van der Waals surface area contributed by atoms with E-state index in [9.17, 15) is 4.79 Å². The zero-order valence-corrected chi connectivity index (χ0v) is 11.6. The summed E-state index contributed by atoms with van der Waals surface area (Å²) in [4.78, 5) is 14.6. The normalized spacial score (nSPS) is 20.2. The van der Waals surface area contributed by atoms with Gasteiger partial charge in [0.1, 0.15) is 5.76 Å². The largest absolute Gasteiger partial charge is 0.467 e. The highest BCUT2D eigenvalue weighted by molar-refractivity contribution is 7.08. The Bertz CT molecular complexity index is 518. The summed E-state index contributed by atoms with van der Waals surface area (Å²) >= 11 is 1.56. The second-order valence-electron chi connectivity index (χ2n) is 4.89. The number of carbonyl (C=O) groups excluding carboxylic acids is 1. The molecular weight excluding hydrogens is 258 g/mol. The number of thiophene rings is 1. The van der Waals surface area contributed by atoms with Gasteiger partial charge in [0.05, 0.1) is 17.9 Å². The van der Waals surface area contributed by atoms with Crippen LogP contribution in [-0.2, 0) is 0 Å². The van der Waals surface area contributed by atoms with Crippen molar-refractivity contribution in [3.05, 3.63) is 46.5 Å². The number of hydrogen-bond acceptors (Lipinski definition) is 3. The van der Waals surface area contributed by atoms with E-state index in [1.807, 2.05) is 33.9 Å². The Labute approximate surface area is 116 Å². The number of hydrogen-bond donors (Lipinski definition) is 0. The van der Waals surface area contributed by atoms with Gasteiger partial charge in [0.2, 0.25) is 0 Å². The summed E-state index contributed by atoms with van der Waals surface area (Å²) in [5.41, 5.74) is 0.795. The Morgan fingerprint density at radius 2 is 2.26 bits per heavy atom. The van der Waals surface area contributed by atoms with Crippen LogP contribution in [0.3, 0.4) is 0 Å². The predicted molar refractivity (Wildman–Crippen MR) is 75.3 cm³/mol. The van der Waals surface area contributed by atoms with Crippen LogP contribution in [0.4, 0.5) is 0 Å². The molecule has 1 amide bonds. The molecule has 1 atom stereocenters. The van der Waals surface area contributed by atoms with Crippen molar-refractivity contribution in [3.63, 3.8) is 0 Å². The first-order valence-corrected chi connectivity index (χ1v) is 7.67. The molecule has 0 aliphatic carbocycles. The molecule has 2 aromatic rings. The Morgan fingerprint density at radius 1 is 1.32 bits per heavy atom. The van der Waals surface area contributed by atoms with E-state index in [0.717, 1.165) is 37.1 Å². The average Bonchev–Trinajstić information content (AvgIpc) is 3.08. The molecule has 19 heavy (non-hydrogen) atoms. The summed E-state index contributed by atoms with van der Waals surface area (Å²) in [7, 11) is 0. The molecule has 1 saturated heterocycles. The van der Waals surface area contributed by atoms with Crippen LogP contribution in [0.2, 0.25) is 0 Å². The molecule has 3 rings (SSSR count). The van der Waals surface area contributed by atoms with Crippen molar-refractivity contribution in [2.75, 3.05) is 6.54 Å². The van der Waals surface area contributed by atoms with Gasteiger partial charge in [-0.15, -0.1) is 0 Å². The number of nitrogens with zero attached hydrogens (tertiary/aromatic N) is 1. The Morgan fingerprint density at radius 3 is 3.00 bits per heavy atom. The summed E-state index contributed by atoms with van der Waals surface area (Å²) in [5, 5.41) is 3.87. The number of amides is 1. The molecular formula is C15H17NO2S. The molecule has 1 aliphatic heterocycles. The maximum absolute atomic E-state index is 12.6. The molecule has 2 aromatic heterocycles. The molecule has 0 unspecified atom stereocenters. The van der Waals surface area contributed by atoms with Crippen LogP contribution in [0.25, 0.3) is 0 Å². The Hall–Kier alpha value is -1.55. The number of rotatable bonds is 2. The maximum Gasteiger partial charge on any atom is 0.255 e. The van der Waals surface area contributed by atoms with Crippen LogP contribution < -0.4 is 0 Å². The topological polar surface area (TPSA) is 33.5 Å². The van der Waals surface area contributed by atoms with Crippen molar-refractivity contribution in [1.29, 1.82) is 0 Å². The van der Waals surface area contributed by atoms with Gasteiger partial charge in [0.15, 0.2) is 0 Å². The van der Waals surface area contributed by atoms with Gasteiger partial charge in [-0.1, -0.05) is 12.8 Å². The predicted octanol–water partition coefficient (Wildman–Crippen LogP) is 4.10. The van der Waals surface area contributed by atoms with Crippen molar-refractivity contribution in [1.82, 2.24) is 4.90 Å². The summed E-state index contributed by atoms with van der Waals surface area (Å²) in [6.45, 7) is 0.819. The SMILES string of the molecule is O=C(c1ccsc1)N1CCCCC[C@H]1c1ccco1. The third-order valence-electron chi connectivity index (χ3n) is 3.65. The lowest BCUT2D eigenvalue weighted by atomic mass is 10.1. The zero-order chi connectivity index (χ0) is 13.1. The number of carbonyl (C=O) groups is 1. The summed E-state index contributed by atoms with van der Waals surface area (Å²) in [6, 6.07) is 5.86. The highest BCUT2D eigenvalue weighted by Crippen LogP contribution is 2.31. The van der Waals surface area contributed by atoms with Gasteiger partial charge in [-0.3, -0.25) is 4.79 Å². The Kier molecular flexibility index (Phi) is 3.69. The molecule has 0 N–H and O–H groups in total. The quantitative estimate of drug-likeness (QED) is 0.826. The molecule has 1 aliphatic rings. The first-order valence-electron chi connectivity index (χ1n) is 6.73. The first kappa shape index (κ1) is 12.5. The van der Waals surface area contributed by atoms with Crippen molar-refractivity contribution < 1.29 is 9.21 Å². The van der Waals surface area contributed by atoms with E-state index < -0.39 is 0 Å². The van der Waals surface area contributed by atoms with Crippen LogP contribution in [0, 0.1) is 0 Å². The zero-order valence-electron chi connectivity index (χ0n) is 10.7. The lowest BCUT2D eigenvalue weighted by Gasteiger charge is -2.28. The van der Waals surface area contributed by atoms with Gasteiger partial charge in [-0.2, -0.15) is 11.3 Å². The smallest absolute Gasteiger partial charge is 0.255 e. The molecule has 1 fully saturated rings. The molecule has 4 heteroatoms. The molecule has 3 nitrogen and oxygen atoms in total. The molecule has 0 saturated carbocycles. The summed E-state index contributed by atoms with van der Waals surface area (Å²) in [6.07, 6.45) is 6.09. The van der Waals surface area contributed by atoms with Crippen molar-refractivity contribution in [2.24, 2.45) is 0 Å². The average molecular weight is 275 g/mol. The van der Waals surface area contributed by atoms with E-state index in [1.54, 1.807) is 17.6 Å². The van der Waals surface area contributed by atoms with Crippen LogP contribution in [0.5, 0.6) is 0 Å². The maximum atomic E-state index is 12.6. The fourth-order valence-electron chi connectivity index (χ4n) is 2.68. The molecule has 100 valence electrons. The highest BCUT2D eigenvalue weighted by atomic mass is 32.1. The van der Waals surface area contributed by atoms with Gasteiger partial charge in [0.25, 0.3) is 5.91 Å². The number of furan rings is 1. The van der Waals surface area contributed by atoms with Crippen molar-refractivity contribution >= 4 is 17.2 Å². The van der Waals surface area contributed by atoms with E-state index >= 15 is 0 Å². The van der Waals surface area contributed by atoms with Crippen molar-refractivity contribution in [2.45, 2.75) is 31.7 Å². The fraction of sp³-hybridized carbons (Fsp3) is 0.400. The van der Waals surface area contributed by atoms with Crippen LogP contribution in [0.1, 0.15) is 47.8 Å².